The van der Waals surface area contributed by atoms with Crippen molar-refractivity contribution in [3.63, 3.8) is 0 Å². The maximum absolute atomic E-state index is 12.8. The lowest BCUT2D eigenvalue weighted by molar-refractivity contribution is -0.122. The lowest BCUT2D eigenvalue weighted by Crippen LogP contribution is -2.54. The predicted octanol–water partition coefficient (Wildman–Crippen LogP) is 3.72. The highest BCUT2D eigenvalue weighted by atomic mass is 35.5. The zero-order valence-electron chi connectivity index (χ0n) is 13.8. The number of aromatic nitrogens is 1. The van der Waals surface area contributed by atoms with Crippen LogP contribution in [-0.4, -0.2) is 16.4 Å². The first kappa shape index (κ1) is 16.9. The normalized spacial score (nSPS) is 23.2. The Morgan fingerprint density at radius 2 is 2.12 bits per heavy atom. The maximum atomic E-state index is 12.8. The standard InChI is InChI=1S/C19H22ClN3O/c1-13-9-17(12-22-11-13)23-18(24)19(21)8-2-3-15(19)10-14-4-6-16(20)7-5-14/h4-7,9,11-12,15H,2-3,8,10,21H2,1H3,(H,23,24). The van der Waals surface area contributed by atoms with Crippen molar-refractivity contribution in [2.45, 2.75) is 38.1 Å². The molecule has 2 aromatic rings. The summed E-state index contributed by atoms with van der Waals surface area (Å²) >= 11 is 5.94. The van der Waals surface area contributed by atoms with Crippen molar-refractivity contribution in [2.24, 2.45) is 11.7 Å². The van der Waals surface area contributed by atoms with E-state index in [1.807, 2.05) is 37.3 Å². The number of hydrogen-bond donors (Lipinski definition) is 2. The van der Waals surface area contributed by atoms with E-state index >= 15 is 0 Å². The number of rotatable bonds is 4. The number of nitrogens with two attached hydrogens (primary N) is 1. The molecule has 3 rings (SSSR count). The highest BCUT2D eigenvalue weighted by molar-refractivity contribution is 6.30. The summed E-state index contributed by atoms with van der Waals surface area (Å²) in [5, 5.41) is 3.66. The first-order valence-electron chi connectivity index (χ1n) is 8.24. The van der Waals surface area contributed by atoms with Gasteiger partial charge < -0.3 is 11.1 Å². The third-order valence-electron chi connectivity index (χ3n) is 4.82. The Labute approximate surface area is 147 Å². The van der Waals surface area contributed by atoms with Crippen molar-refractivity contribution in [2.75, 3.05) is 5.32 Å². The summed E-state index contributed by atoms with van der Waals surface area (Å²) in [7, 11) is 0. The van der Waals surface area contributed by atoms with Crippen LogP contribution in [0.2, 0.25) is 5.02 Å². The van der Waals surface area contributed by atoms with Gasteiger partial charge in [-0.1, -0.05) is 30.2 Å². The maximum Gasteiger partial charge on any atom is 0.244 e. The molecule has 1 aromatic heterocycles. The zero-order valence-corrected chi connectivity index (χ0v) is 14.5. The molecule has 1 aromatic carbocycles. The molecule has 1 aliphatic carbocycles. The van der Waals surface area contributed by atoms with E-state index in [0.717, 1.165) is 30.4 Å². The van der Waals surface area contributed by atoms with Gasteiger partial charge in [-0.2, -0.15) is 0 Å². The van der Waals surface area contributed by atoms with E-state index in [2.05, 4.69) is 10.3 Å². The van der Waals surface area contributed by atoms with Crippen molar-refractivity contribution >= 4 is 23.2 Å². The average molecular weight is 344 g/mol. The van der Waals surface area contributed by atoms with E-state index in [1.165, 1.54) is 0 Å². The molecule has 0 spiro atoms. The third-order valence-corrected chi connectivity index (χ3v) is 5.07. The molecule has 1 fully saturated rings. The number of hydrogen-bond acceptors (Lipinski definition) is 3. The van der Waals surface area contributed by atoms with Gasteiger partial charge in [-0.25, -0.2) is 0 Å². The highest BCUT2D eigenvalue weighted by Crippen LogP contribution is 2.37. The third kappa shape index (κ3) is 3.60. The molecule has 126 valence electrons. The summed E-state index contributed by atoms with van der Waals surface area (Å²) < 4.78 is 0. The van der Waals surface area contributed by atoms with Crippen molar-refractivity contribution in [1.82, 2.24) is 4.98 Å². The number of nitrogens with one attached hydrogen (secondary N) is 1. The summed E-state index contributed by atoms with van der Waals surface area (Å²) in [6.07, 6.45) is 6.82. The van der Waals surface area contributed by atoms with Gasteiger partial charge in [0.15, 0.2) is 0 Å². The Morgan fingerprint density at radius 3 is 2.83 bits per heavy atom. The van der Waals surface area contributed by atoms with Crippen molar-refractivity contribution in [3.05, 3.63) is 58.9 Å². The lowest BCUT2D eigenvalue weighted by atomic mass is 9.82. The fourth-order valence-electron chi connectivity index (χ4n) is 3.46. The first-order chi connectivity index (χ1) is 11.5. The summed E-state index contributed by atoms with van der Waals surface area (Å²) in [4.78, 5) is 16.9. The van der Waals surface area contributed by atoms with Gasteiger partial charge in [0, 0.05) is 11.2 Å². The van der Waals surface area contributed by atoms with E-state index in [-0.39, 0.29) is 11.8 Å². The first-order valence-corrected chi connectivity index (χ1v) is 8.61. The highest BCUT2D eigenvalue weighted by Gasteiger charge is 2.45. The minimum atomic E-state index is -0.844. The number of carbonyl (C=O) groups excluding carboxylic acids is 1. The summed E-state index contributed by atoms with van der Waals surface area (Å²) in [5.41, 5.74) is 8.57. The molecular weight excluding hydrogens is 322 g/mol. The van der Waals surface area contributed by atoms with Crippen LogP contribution in [0.1, 0.15) is 30.4 Å². The van der Waals surface area contributed by atoms with E-state index in [9.17, 15) is 4.79 Å². The summed E-state index contributed by atoms with van der Waals surface area (Å²) in [6, 6.07) is 9.66. The van der Waals surface area contributed by atoms with Crippen LogP contribution in [0.4, 0.5) is 5.69 Å². The monoisotopic (exact) mass is 343 g/mol. The molecule has 1 heterocycles. The van der Waals surface area contributed by atoms with Crippen LogP contribution in [0.15, 0.2) is 42.7 Å². The van der Waals surface area contributed by atoms with Crippen molar-refractivity contribution in [3.8, 4) is 0 Å². The number of aryl methyl sites for hydroxylation is 1. The molecule has 2 unspecified atom stereocenters. The largest absolute Gasteiger partial charge is 0.323 e. The Balaban J connectivity index is 1.74. The number of nitrogens with zero attached hydrogens (tertiary/aromatic N) is 1. The number of anilines is 1. The van der Waals surface area contributed by atoms with E-state index in [0.29, 0.717) is 17.1 Å². The molecule has 0 saturated heterocycles. The van der Waals surface area contributed by atoms with Crippen LogP contribution < -0.4 is 11.1 Å². The molecule has 5 heteroatoms. The van der Waals surface area contributed by atoms with Crippen LogP contribution in [-0.2, 0) is 11.2 Å². The van der Waals surface area contributed by atoms with Crippen LogP contribution in [0.3, 0.4) is 0 Å². The van der Waals surface area contributed by atoms with Crippen molar-refractivity contribution < 1.29 is 4.79 Å². The van der Waals surface area contributed by atoms with Crippen LogP contribution in [0.5, 0.6) is 0 Å². The molecule has 1 amide bonds. The molecule has 0 bridgehead atoms. The number of halogens is 1. The minimum absolute atomic E-state index is 0.119. The molecule has 2 atom stereocenters. The zero-order chi connectivity index (χ0) is 17.2. The van der Waals surface area contributed by atoms with Crippen molar-refractivity contribution in [1.29, 1.82) is 0 Å². The molecular formula is C19H22ClN3O. The Hall–Kier alpha value is -1.91. The molecule has 1 aliphatic rings. The molecule has 4 nitrogen and oxygen atoms in total. The van der Waals surface area contributed by atoms with Gasteiger partial charge in [0.05, 0.1) is 17.4 Å². The second kappa shape index (κ2) is 6.91. The Kier molecular flexibility index (Phi) is 4.88. The van der Waals surface area contributed by atoms with E-state index < -0.39 is 5.54 Å². The SMILES string of the molecule is Cc1cncc(NC(=O)C2(N)CCCC2Cc2ccc(Cl)cc2)c1. The molecule has 3 N–H and O–H groups in total. The fraction of sp³-hybridized carbons (Fsp3) is 0.368. The van der Waals surface area contributed by atoms with Crippen LogP contribution >= 0.6 is 11.6 Å². The van der Waals surface area contributed by atoms with Crippen LogP contribution in [0.25, 0.3) is 0 Å². The van der Waals surface area contributed by atoms with Gasteiger partial charge in [-0.05, 0) is 61.4 Å². The van der Waals surface area contributed by atoms with Gasteiger partial charge in [0.2, 0.25) is 5.91 Å². The summed E-state index contributed by atoms with van der Waals surface area (Å²) in [6.45, 7) is 1.94. The number of benzene rings is 1. The molecule has 0 radical (unpaired) electrons. The van der Waals surface area contributed by atoms with Gasteiger partial charge >= 0.3 is 0 Å². The summed E-state index contributed by atoms with van der Waals surface area (Å²) in [5.74, 6) is 0.00260. The van der Waals surface area contributed by atoms with Gasteiger partial charge in [0.25, 0.3) is 0 Å². The lowest BCUT2D eigenvalue weighted by Gasteiger charge is -2.30. The number of pyridine rings is 1. The fourth-order valence-corrected chi connectivity index (χ4v) is 3.59. The van der Waals surface area contributed by atoms with Crippen LogP contribution in [0, 0.1) is 12.8 Å². The topological polar surface area (TPSA) is 68.0 Å². The average Bonchev–Trinajstić information content (AvgIpc) is 2.92. The second-order valence-corrected chi connectivity index (χ2v) is 7.10. The predicted molar refractivity (Wildman–Crippen MR) is 97.0 cm³/mol. The Morgan fingerprint density at radius 1 is 1.38 bits per heavy atom. The Bertz CT molecular complexity index is 732. The number of amides is 1. The van der Waals surface area contributed by atoms with Gasteiger partial charge in [0.1, 0.15) is 0 Å². The minimum Gasteiger partial charge on any atom is -0.323 e. The molecule has 1 saturated carbocycles. The van der Waals surface area contributed by atoms with Gasteiger partial charge in [-0.3, -0.25) is 9.78 Å². The molecule has 0 aliphatic heterocycles. The molecule has 24 heavy (non-hydrogen) atoms. The van der Waals surface area contributed by atoms with Gasteiger partial charge in [-0.15, -0.1) is 0 Å². The quantitative estimate of drug-likeness (QED) is 0.888. The van der Waals surface area contributed by atoms with E-state index in [1.54, 1.807) is 12.4 Å². The second-order valence-electron chi connectivity index (χ2n) is 6.67. The smallest absolute Gasteiger partial charge is 0.244 e. The van der Waals surface area contributed by atoms with E-state index in [4.69, 9.17) is 17.3 Å². The number of carbonyl (C=O) groups is 1.